The molecule has 1 N–H and O–H groups in total. The van der Waals surface area contributed by atoms with Gasteiger partial charge in [0.05, 0.1) is 11.3 Å². The molecule has 0 spiro atoms. The summed E-state index contributed by atoms with van der Waals surface area (Å²) in [6.45, 7) is 6.15. The fourth-order valence-corrected chi connectivity index (χ4v) is 1.86. The van der Waals surface area contributed by atoms with Crippen LogP contribution in [0.25, 0.3) is 0 Å². The smallest absolute Gasteiger partial charge is 0.273 e. The van der Waals surface area contributed by atoms with Crippen molar-refractivity contribution in [2.24, 2.45) is 0 Å². The Balaban J connectivity index is 3.00. The summed E-state index contributed by atoms with van der Waals surface area (Å²) in [6, 6.07) is 3.37. The molecule has 0 aliphatic heterocycles. The van der Waals surface area contributed by atoms with E-state index in [-0.39, 0.29) is 18.0 Å². The molecule has 98 valence electrons. The molecular weight excluding hydrogens is 232 g/mol. The maximum absolute atomic E-state index is 11.6. The number of nitro benzene ring substituents is 1. The van der Waals surface area contributed by atoms with Crippen molar-refractivity contribution in [1.29, 1.82) is 0 Å². The molecule has 0 aliphatic carbocycles. The van der Waals surface area contributed by atoms with Crippen LogP contribution in [0.2, 0.25) is 0 Å². The number of carbonyl (C=O) groups is 1. The van der Waals surface area contributed by atoms with Gasteiger partial charge >= 0.3 is 0 Å². The van der Waals surface area contributed by atoms with Crippen LogP contribution in [0, 0.1) is 24.0 Å². The van der Waals surface area contributed by atoms with Crippen LogP contribution in [0.1, 0.15) is 30.0 Å². The van der Waals surface area contributed by atoms with Crippen LogP contribution in [-0.4, -0.2) is 17.4 Å². The monoisotopic (exact) mass is 250 g/mol. The minimum atomic E-state index is -0.428. The third kappa shape index (κ3) is 3.55. The van der Waals surface area contributed by atoms with Crippen molar-refractivity contribution >= 4 is 11.6 Å². The average molecular weight is 250 g/mol. The molecule has 0 heterocycles. The standard InChI is InChI=1S/C13H18N2O3/c1-4-5-14-13(16)8-11-10(3)6-9(2)7-12(11)15(17)18/h6-7H,4-5,8H2,1-3H3,(H,14,16). The second kappa shape index (κ2) is 6.14. The molecule has 0 saturated carbocycles. The van der Waals surface area contributed by atoms with Gasteiger partial charge in [-0.25, -0.2) is 0 Å². The van der Waals surface area contributed by atoms with Crippen molar-refractivity contribution in [3.05, 3.63) is 38.9 Å². The van der Waals surface area contributed by atoms with E-state index in [2.05, 4.69) is 5.32 Å². The Labute approximate surface area is 106 Å². The number of amides is 1. The van der Waals surface area contributed by atoms with Crippen molar-refractivity contribution < 1.29 is 9.72 Å². The maximum atomic E-state index is 11.6. The largest absolute Gasteiger partial charge is 0.356 e. The molecule has 5 nitrogen and oxygen atoms in total. The molecule has 0 aliphatic rings. The average Bonchev–Trinajstić information content (AvgIpc) is 2.29. The van der Waals surface area contributed by atoms with Gasteiger partial charge < -0.3 is 5.32 Å². The van der Waals surface area contributed by atoms with Gasteiger partial charge in [-0.1, -0.05) is 13.0 Å². The highest BCUT2D eigenvalue weighted by atomic mass is 16.6. The molecular formula is C13H18N2O3. The van der Waals surface area contributed by atoms with E-state index < -0.39 is 4.92 Å². The summed E-state index contributed by atoms with van der Waals surface area (Å²) in [5.74, 6) is -0.174. The summed E-state index contributed by atoms with van der Waals surface area (Å²) < 4.78 is 0. The number of benzene rings is 1. The van der Waals surface area contributed by atoms with Crippen molar-refractivity contribution in [3.63, 3.8) is 0 Å². The predicted molar refractivity (Wildman–Crippen MR) is 69.6 cm³/mol. The topological polar surface area (TPSA) is 72.2 Å². The van der Waals surface area contributed by atoms with E-state index in [4.69, 9.17) is 0 Å². The molecule has 0 fully saturated rings. The lowest BCUT2D eigenvalue weighted by molar-refractivity contribution is -0.385. The van der Waals surface area contributed by atoms with E-state index in [0.717, 1.165) is 17.5 Å². The van der Waals surface area contributed by atoms with Crippen LogP contribution >= 0.6 is 0 Å². The number of hydrogen-bond donors (Lipinski definition) is 1. The summed E-state index contributed by atoms with van der Waals surface area (Å²) in [7, 11) is 0. The summed E-state index contributed by atoms with van der Waals surface area (Å²) in [6.07, 6.45) is 0.906. The zero-order valence-corrected chi connectivity index (χ0v) is 10.9. The number of hydrogen-bond acceptors (Lipinski definition) is 3. The maximum Gasteiger partial charge on any atom is 0.273 e. The Bertz CT molecular complexity index is 470. The van der Waals surface area contributed by atoms with Crippen molar-refractivity contribution in [2.45, 2.75) is 33.6 Å². The Hall–Kier alpha value is -1.91. The van der Waals surface area contributed by atoms with Gasteiger partial charge in [-0.15, -0.1) is 0 Å². The van der Waals surface area contributed by atoms with Crippen LogP contribution in [0.4, 0.5) is 5.69 Å². The van der Waals surface area contributed by atoms with Gasteiger partial charge in [0.15, 0.2) is 0 Å². The third-order valence-corrected chi connectivity index (χ3v) is 2.70. The molecule has 0 aromatic heterocycles. The first-order valence-electron chi connectivity index (χ1n) is 5.97. The molecule has 0 unspecified atom stereocenters. The zero-order chi connectivity index (χ0) is 13.7. The van der Waals surface area contributed by atoms with Gasteiger partial charge in [0.25, 0.3) is 5.69 Å². The summed E-state index contributed by atoms with van der Waals surface area (Å²) in [4.78, 5) is 22.2. The molecule has 0 radical (unpaired) electrons. The lowest BCUT2D eigenvalue weighted by Crippen LogP contribution is -2.26. The van der Waals surface area contributed by atoms with E-state index in [1.54, 1.807) is 13.8 Å². The zero-order valence-electron chi connectivity index (χ0n) is 10.9. The van der Waals surface area contributed by atoms with E-state index in [1.165, 1.54) is 6.07 Å². The molecule has 1 rings (SSSR count). The number of rotatable bonds is 5. The fourth-order valence-electron chi connectivity index (χ4n) is 1.86. The lowest BCUT2D eigenvalue weighted by Gasteiger charge is -2.08. The molecule has 1 aromatic carbocycles. The third-order valence-electron chi connectivity index (χ3n) is 2.70. The van der Waals surface area contributed by atoms with Gasteiger partial charge in [-0.05, 0) is 31.4 Å². The van der Waals surface area contributed by atoms with Crippen LogP contribution in [0.5, 0.6) is 0 Å². The van der Waals surface area contributed by atoms with Gasteiger partial charge in [-0.2, -0.15) is 0 Å². The van der Waals surface area contributed by atoms with Crippen LogP contribution in [-0.2, 0) is 11.2 Å². The van der Waals surface area contributed by atoms with E-state index in [0.29, 0.717) is 12.1 Å². The Morgan fingerprint density at radius 3 is 2.61 bits per heavy atom. The highest BCUT2D eigenvalue weighted by molar-refractivity contribution is 5.80. The van der Waals surface area contributed by atoms with Crippen LogP contribution < -0.4 is 5.32 Å². The number of nitro groups is 1. The SMILES string of the molecule is CCCNC(=O)Cc1c(C)cc(C)cc1[N+](=O)[O-]. The Morgan fingerprint density at radius 2 is 2.06 bits per heavy atom. The first-order chi connectivity index (χ1) is 8.45. The molecule has 5 heteroatoms. The summed E-state index contributed by atoms with van der Waals surface area (Å²) in [5, 5.41) is 13.7. The normalized spacial score (nSPS) is 10.2. The fraction of sp³-hybridized carbons (Fsp3) is 0.462. The second-order valence-corrected chi connectivity index (χ2v) is 4.36. The Morgan fingerprint density at radius 1 is 1.39 bits per heavy atom. The first-order valence-corrected chi connectivity index (χ1v) is 5.97. The lowest BCUT2D eigenvalue weighted by atomic mass is 10.0. The molecule has 1 amide bonds. The van der Waals surface area contributed by atoms with Crippen LogP contribution in [0.15, 0.2) is 12.1 Å². The van der Waals surface area contributed by atoms with Gasteiger partial charge in [0.2, 0.25) is 5.91 Å². The van der Waals surface area contributed by atoms with Gasteiger partial charge in [0.1, 0.15) is 0 Å². The molecule has 0 saturated heterocycles. The minimum absolute atomic E-state index is 0.0270. The predicted octanol–water partition coefficient (Wildman–Crippen LogP) is 2.28. The summed E-state index contributed by atoms with van der Waals surface area (Å²) in [5.41, 5.74) is 2.14. The minimum Gasteiger partial charge on any atom is -0.356 e. The number of carbonyl (C=O) groups excluding carboxylic acids is 1. The highest BCUT2D eigenvalue weighted by Crippen LogP contribution is 2.24. The van der Waals surface area contributed by atoms with E-state index in [1.807, 2.05) is 13.0 Å². The molecule has 0 bridgehead atoms. The van der Waals surface area contributed by atoms with E-state index in [9.17, 15) is 14.9 Å². The number of nitrogens with one attached hydrogen (secondary N) is 1. The van der Waals surface area contributed by atoms with Crippen LogP contribution in [0.3, 0.4) is 0 Å². The molecule has 1 aromatic rings. The Kier molecular flexibility index (Phi) is 4.83. The summed E-state index contributed by atoms with van der Waals surface area (Å²) >= 11 is 0. The van der Waals surface area contributed by atoms with E-state index >= 15 is 0 Å². The quantitative estimate of drug-likeness (QED) is 0.643. The van der Waals surface area contributed by atoms with Crippen molar-refractivity contribution in [2.75, 3.05) is 6.54 Å². The van der Waals surface area contributed by atoms with Gasteiger partial charge in [0, 0.05) is 18.2 Å². The highest BCUT2D eigenvalue weighted by Gasteiger charge is 2.19. The second-order valence-electron chi connectivity index (χ2n) is 4.36. The number of aryl methyl sites for hydroxylation is 2. The number of nitrogens with zero attached hydrogens (tertiary/aromatic N) is 1. The molecule has 18 heavy (non-hydrogen) atoms. The van der Waals surface area contributed by atoms with Gasteiger partial charge in [-0.3, -0.25) is 14.9 Å². The van der Waals surface area contributed by atoms with Crippen molar-refractivity contribution in [1.82, 2.24) is 5.32 Å². The first kappa shape index (κ1) is 14.2. The molecule has 0 atom stereocenters. The van der Waals surface area contributed by atoms with Crippen molar-refractivity contribution in [3.8, 4) is 0 Å².